The summed E-state index contributed by atoms with van der Waals surface area (Å²) in [6.45, 7) is 4.13. The van der Waals surface area contributed by atoms with Crippen molar-refractivity contribution in [3.05, 3.63) is 29.3 Å². The van der Waals surface area contributed by atoms with E-state index in [4.69, 9.17) is 16.3 Å². The van der Waals surface area contributed by atoms with Crippen LogP contribution in [0.2, 0.25) is 5.02 Å². The molecule has 0 aliphatic carbocycles. The third-order valence-electron chi connectivity index (χ3n) is 2.85. The smallest absolute Gasteiger partial charge is 0.0462 e. The van der Waals surface area contributed by atoms with E-state index in [2.05, 4.69) is 24.4 Å². The van der Waals surface area contributed by atoms with Crippen LogP contribution in [0.25, 0.3) is 0 Å². The third-order valence-corrected chi connectivity index (χ3v) is 4.28. The predicted octanol–water partition coefficient (Wildman–Crippen LogP) is 4.23. The molecular weight excluding hydrogens is 278 g/mol. The van der Waals surface area contributed by atoms with Crippen molar-refractivity contribution in [2.45, 2.75) is 37.1 Å². The molecule has 1 N–H and O–H groups in total. The molecule has 1 rings (SSSR count). The first-order valence-electron chi connectivity index (χ1n) is 6.87. The summed E-state index contributed by atoms with van der Waals surface area (Å²) >= 11 is 7.78. The largest absolute Gasteiger partial charge is 0.385 e. The monoisotopic (exact) mass is 301 g/mol. The topological polar surface area (TPSA) is 21.3 Å². The van der Waals surface area contributed by atoms with Gasteiger partial charge < -0.3 is 10.1 Å². The highest BCUT2D eigenvalue weighted by atomic mass is 35.5. The molecule has 0 aliphatic rings. The number of benzene rings is 1. The Morgan fingerprint density at radius 2 is 2.05 bits per heavy atom. The molecule has 1 unspecified atom stereocenters. The minimum Gasteiger partial charge on any atom is -0.385 e. The highest BCUT2D eigenvalue weighted by Gasteiger charge is 2.08. The van der Waals surface area contributed by atoms with Crippen LogP contribution in [0.15, 0.2) is 29.2 Å². The van der Waals surface area contributed by atoms with Crippen molar-refractivity contribution in [3.63, 3.8) is 0 Å². The minimum atomic E-state index is 0.552. The molecule has 1 aromatic rings. The number of halogens is 1. The van der Waals surface area contributed by atoms with Crippen molar-refractivity contribution in [3.8, 4) is 0 Å². The van der Waals surface area contributed by atoms with Crippen LogP contribution in [0, 0.1) is 0 Å². The van der Waals surface area contributed by atoms with Gasteiger partial charge in [0.25, 0.3) is 0 Å². The summed E-state index contributed by atoms with van der Waals surface area (Å²) in [6.07, 6.45) is 3.44. The molecule has 0 spiro atoms. The van der Waals surface area contributed by atoms with E-state index in [0.29, 0.717) is 6.04 Å². The fraction of sp³-hybridized carbons (Fsp3) is 0.600. The summed E-state index contributed by atoms with van der Waals surface area (Å²) in [4.78, 5) is 1.28. The first-order chi connectivity index (χ1) is 9.26. The van der Waals surface area contributed by atoms with Gasteiger partial charge in [-0.25, -0.2) is 0 Å². The number of nitrogens with one attached hydrogen (secondary N) is 1. The van der Waals surface area contributed by atoms with Crippen LogP contribution in [0.3, 0.4) is 0 Å². The van der Waals surface area contributed by atoms with Gasteiger partial charge in [-0.05, 0) is 50.1 Å². The molecular formula is C15H24ClNOS. The summed E-state index contributed by atoms with van der Waals surface area (Å²) in [7, 11) is 1.76. The molecule has 0 aromatic heterocycles. The molecule has 0 bridgehead atoms. The maximum atomic E-state index is 5.89. The Labute approximate surface area is 126 Å². The van der Waals surface area contributed by atoms with Gasteiger partial charge in [0, 0.05) is 35.4 Å². The quantitative estimate of drug-likeness (QED) is 0.516. The summed E-state index contributed by atoms with van der Waals surface area (Å²) in [5, 5.41) is 4.40. The maximum absolute atomic E-state index is 5.89. The molecule has 108 valence electrons. The number of hydrogen-bond donors (Lipinski definition) is 1. The molecule has 19 heavy (non-hydrogen) atoms. The van der Waals surface area contributed by atoms with Gasteiger partial charge in [0.05, 0.1) is 0 Å². The Hall–Kier alpha value is -0.220. The zero-order valence-corrected chi connectivity index (χ0v) is 13.4. The molecule has 0 saturated carbocycles. The number of rotatable bonds is 10. The first-order valence-corrected chi connectivity index (χ1v) is 8.23. The molecule has 1 aromatic carbocycles. The van der Waals surface area contributed by atoms with Gasteiger partial charge in [-0.2, -0.15) is 0 Å². The Morgan fingerprint density at radius 3 is 2.68 bits per heavy atom. The molecule has 2 nitrogen and oxygen atoms in total. The zero-order valence-electron chi connectivity index (χ0n) is 11.8. The Balaban J connectivity index is 2.35. The van der Waals surface area contributed by atoms with E-state index in [0.717, 1.165) is 36.8 Å². The number of thioether (sulfide) groups is 1. The van der Waals surface area contributed by atoms with Crippen molar-refractivity contribution < 1.29 is 4.74 Å². The van der Waals surface area contributed by atoms with Gasteiger partial charge in [-0.1, -0.05) is 18.5 Å². The highest BCUT2D eigenvalue weighted by molar-refractivity contribution is 7.99. The second-order valence-corrected chi connectivity index (χ2v) is 6.08. The van der Waals surface area contributed by atoms with Gasteiger partial charge in [-0.3, -0.25) is 0 Å². The molecule has 0 radical (unpaired) electrons. The van der Waals surface area contributed by atoms with Crippen LogP contribution in [0.4, 0.5) is 0 Å². The highest BCUT2D eigenvalue weighted by Crippen LogP contribution is 2.22. The predicted molar refractivity (Wildman–Crippen MR) is 85.4 cm³/mol. The van der Waals surface area contributed by atoms with Gasteiger partial charge in [0.2, 0.25) is 0 Å². The fourth-order valence-corrected chi connectivity index (χ4v) is 2.93. The third kappa shape index (κ3) is 7.83. The second-order valence-electron chi connectivity index (χ2n) is 4.55. The SMILES string of the molecule is CCCNC(CCCOC)CSc1ccc(Cl)cc1. The van der Waals surface area contributed by atoms with Gasteiger partial charge in [0.15, 0.2) is 0 Å². The van der Waals surface area contributed by atoms with Crippen molar-refractivity contribution in [2.24, 2.45) is 0 Å². The molecule has 0 fully saturated rings. The van der Waals surface area contributed by atoms with Crippen molar-refractivity contribution in [1.29, 1.82) is 0 Å². The lowest BCUT2D eigenvalue weighted by molar-refractivity contribution is 0.189. The molecule has 0 heterocycles. The Kier molecular flexibility index (Phi) is 9.35. The van der Waals surface area contributed by atoms with Crippen LogP contribution >= 0.6 is 23.4 Å². The lowest BCUT2D eigenvalue weighted by Gasteiger charge is -2.18. The fourth-order valence-electron chi connectivity index (χ4n) is 1.79. The maximum Gasteiger partial charge on any atom is 0.0462 e. The van der Waals surface area contributed by atoms with Gasteiger partial charge >= 0.3 is 0 Å². The van der Waals surface area contributed by atoms with E-state index >= 15 is 0 Å². The van der Waals surface area contributed by atoms with Crippen molar-refractivity contribution in [1.82, 2.24) is 5.32 Å². The molecule has 0 amide bonds. The van der Waals surface area contributed by atoms with E-state index < -0.39 is 0 Å². The lowest BCUT2D eigenvalue weighted by Crippen LogP contribution is -2.32. The first kappa shape index (κ1) is 16.8. The van der Waals surface area contributed by atoms with E-state index in [1.165, 1.54) is 11.3 Å². The normalized spacial score (nSPS) is 12.6. The number of hydrogen-bond acceptors (Lipinski definition) is 3. The van der Waals surface area contributed by atoms with Crippen LogP contribution in [-0.2, 0) is 4.74 Å². The van der Waals surface area contributed by atoms with E-state index in [1.54, 1.807) is 7.11 Å². The average Bonchev–Trinajstić information content (AvgIpc) is 2.43. The zero-order chi connectivity index (χ0) is 13.9. The Bertz CT molecular complexity index is 331. The standard InChI is InChI=1S/C15H24ClNOS/c1-3-10-17-14(5-4-11-18-2)12-19-15-8-6-13(16)7-9-15/h6-9,14,17H,3-5,10-12H2,1-2H3. The van der Waals surface area contributed by atoms with Crippen LogP contribution < -0.4 is 5.32 Å². The molecule has 4 heteroatoms. The minimum absolute atomic E-state index is 0.552. The summed E-state index contributed by atoms with van der Waals surface area (Å²) < 4.78 is 5.12. The van der Waals surface area contributed by atoms with Crippen molar-refractivity contribution in [2.75, 3.05) is 26.0 Å². The average molecular weight is 302 g/mol. The summed E-state index contributed by atoms with van der Waals surface area (Å²) in [5.74, 6) is 1.09. The lowest BCUT2D eigenvalue weighted by atomic mass is 10.2. The molecule has 0 aliphatic heterocycles. The van der Waals surface area contributed by atoms with E-state index in [9.17, 15) is 0 Å². The van der Waals surface area contributed by atoms with Crippen LogP contribution in [-0.4, -0.2) is 32.1 Å². The van der Waals surface area contributed by atoms with Gasteiger partial charge in [0.1, 0.15) is 0 Å². The molecule has 0 saturated heterocycles. The Morgan fingerprint density at radius 1 is 1.32 bits per heavy atom. The summed E-state index contributed by atoms with van der Waals surface area (Å²) in [6, 6.07) is 8.61. The molecule has 1 atom stereocenters. The van der Waals surface area contributed by atoms with E-state index in [-0.39, 0.29) is 0 Å². The van der Waals surface area contributed by atoms with E-state index in [1.807, 2.05) is 23.9 Å². The number of ether oxygens (including phenoxy) is 1. The van der Waals surface area contributed by atoms with Crippen LogP contribution in [0.1, 0.15) is 26.2 Å². The van der Waals surface area contributed by atoms with Crippen LogP contribution in [0.5, 0.6) is 0 Å². The van der Waals surface area contributed by atoms with Gasteiger partial charge in [-0.15, -0.1) is 11.8 Å². The number of methoxy groups -OCH3 is 1. The summed E-state index contributed by atoms with van der Waals surface area (Å²) in [5.41, 5.74) is 0. The van der Waals surface area contributed by atoms with Crippen molar-refractivity contribution >= 4 is 23.4 Å². The second kappa shape index (κ2) is 10.6.